The standard InChI is InChI=1S/C21H24O4/c1-23-8-4-2-6-10(8)16-13-12-14-7-3-5-9-11(7)17(12)21(15(6)13)19(24-9)25-18(22)20(14,16)21/h6-17,19H,2-5H2,1H3/t6-,7-,8-,9-,10-,11+,12+,13-,14-,15+,16+,17-,19+,20-,21+/m0/s1. The van der Waals surface area contributed by atoms with Crippen LogP contribution < -0.4 is 0 Å². The van der Waals surface area contributed by atoms with Crippen LogP contribution in [0.4, 0.5) is 0 Å². The van der Waals surface area contributed by atoms with Crippen LogP contribution in [0.15, 0.2) is 0 Å². The second kappa shape index (κ2) is 3.22. The average Bonchev–Trinajstić information content (AvgIpc) is 3.37. The van der Waals surface area contributed by atoms with Gasteiger partial charge >= 0.3 is 5.97 Å². The van der Waals surface area contributed by atoms with Crippen LogP contribution in [0, 0.1) is 70.0 Å². The minimum atomic E-state index is -0.194. The van der Waals surface area contributed by atoms with Crippen molar-refractivity contribution in [3.8, 4) is 0 Å². The summed E-state index contributed by atoms with van der Waals surface area (Å²) in [7, 11) is 1.89. The number of methoxy groups -OCH3 is 1. The van der Waals surface area contributed by atoms with E-state index in [-0.39, 0.29) is 23.1 Å². The molecule has 0 amide bonds. The molecule has 4 heteroatoms. The summed E-state index contributed by atoms with van der Waals surface area (Å²) in [6.45, 7) is 0. The van der Waals surface area contributed by atoms with Crippen molar-refractivity contribution >= 4 is 5.97 Å². The zero-order chi connectivity index (χ0) is 16.0. The molecule has 2 saturated heterocycles. The van der Waals surface area contributed by atoms with Gasteiger partial charge in [-0.3, -0.25) is 4.79 Å². The lowest BCUT2D eigenvalue weighted by molar-refractivity contribution is -0.280. The third-order valence-corrected chi connectivity index (χ3v) is 11.7. The minimum absolute atomic E-state index is 0.0839. The largest absolute Gasteiger partial charge is 0.435 e. The fourth-order valence-electron chi connectivity index (χ4n) is 12.5. The lowest BCUT2D eigenvalue weighted by Crippen LogP contribution is -2.65. The Kier molecular flexibility index (Phi) is 1.64. The first-order valence-electron chi connectivity index (χ1n) is 10.7. The number of fused-ring (bicyclic) bond motifs is 1. The van der Waals surface area contributed by atoms with Crippen molar-refractivity contribution in [3.05, 3.63) is 0 Å². The SMILES string of the molecule is CO[C@H]1CC[C@H]2[C@@H]1[C@@H]1[C@H]3[C@@H]4[C@@H]5[C@H]6CC[C@@H]7O[C@@H]8OC(=O)[C@@]15[C@@]8([C@H]4[C@H]67)[C@H]23. The summed E-state index contributed by atoms with van der Waals surface area (Å²) < 4.78 is 18.7. The van der Waals surface area contributed by atoms with Crippen LogP contribution in [-0.4, -0.2) is 31.6 Å². The molecule has 0 unspecified atom stereocenters. The Morgan fingerprint density at radius 3 is 2.60 bits per heavy atom. The highest BCUT2D eigenvalue weighted by atomic mass is 16.7. The van der Waals surface area contributed by atoms with Crippen LogP contribution in [-0.2, 0) is 19.0 Å². The molecular formula is C21H24O4. The van der Waals surface area contributed by atoms with Crippen molar-refractivity contribution < 1.29 is 19.0 Å². The molecule has 10 rings (SSSR count). The number of carbonyl (C=O) groups is 1. The predicted molar refractivity (Wildman–Crippen MR) is 83.8 cm³/mol. The van der Waals surface area contributed by atoms with Gasteiger partial charge in [-0.25, -0.2) is 0 Å². The zero-order valence-electron chi connectivity index (χ0n) is 14.5. The van der Waals surface area contributed by atoms with E-state index in [1.807, 2.05) is 7.11 Å². The molecule has 132 valence electrons. The Morgan fingerprint density at radius 2 is 1.72 bits per heavy atom. The molecule has 10 fully saturated rings. The second-order valence-electron chi connectivity index (χ2n) is 10.9. The van der Waals surface area contributed by atoms with Gasteiger partial charge in [-0.2, -0.15) is 0 Å². The molecule has 25 heavy (non-hydrogen) atoms. The number of hydrogen-bond acceptors (Lipinski definition) is 4. The molecule has 4 nitrogen and oxygen atoms in total. The van der Waals surface area contributed by atoms with Crippen molar-refractivity contribution in [1.29, 1.82) is 0 Å². The van der Waals surface area contributed by atoms with Crippen LogP contribution in [0.2, 0.25) is 0 Å². The average molecular weight is 340 g/mol. The first kappa shape index (κ1) is 12.7. The minimum Gasteiger partial charge on any atom is -0.435 e. The maximum absolute atomic E-state index is 13.6. The molecule has 2 heterocycles. The molecule has 15 atom stereocenters. The number of hydrogen-bond donors (Lipinski definition) is 0. The van der Waals surface area contributed by atoms with Gasteiger partial charge in [-0.05, 0) is 84.9 Å². The summed E-state index contributed by atoms with van der Waals surface area (Å²) >= 11 is 0. The first-order valence-corrected chi connectivity index (χ1v) is 10.7. The molecule has 0 aromatic carbocycles. The van der Waals surface area contributed by atoms with Gasteiger partial charge in [0.15, 0.2) is 0 Å². The quantitative estimate of drug-likeness (QED) is 0.686. The molecule has 0 radical (unpaired) electrons. The second-order valence-corrected chi connectivity index (χ2v) is 10.9. The zero-order valence-corrected chi connectivity index (χ0v) is 14.5. The summed E-state index contributed by atoms with van der Waals surface area (Å²) in [6.07, 6.45) is 5.61. The summed E-state index contributed by atoms with van der Waals surface area (Å²) in [5.74, 6) is 7.36. The lowest BCUT2D eigenvalue weighted by Gasteiger charge is -2.59. The van der Waals surface area contributed by atoms with E-state index in [2.05, 4.69) is 0 Å². The van der Waals surface area contributed by atoms with E-state index in [1.54, 1.807) is 0 Å². The predicted octanol–water partition coefficient (Wildman–Crippen LogP) is 2.07. The van der Waals surface area contributed by atoms with Crippen LogP contribution in [0.3, 0.4) is 0 Å². The van der Waals surface area contributed by atoms with Crippen molar-refractivity contribution in [3.63, 3.8) is 0 Å². The molecule has 2 aliphatic heterocycles. The normalized spacial score (nSPS) is 79.1. The molecule has 0 aromatic rings. The topological polar surface area (TPSA) is 44.8 Å². The highest BCUT2D eigenvalue weighted by Crippen LogP contribution is 3.00. The smallest absolute Gasteiger partial charge is 0.315 e. The molecule has 8 aliphatic carbocycles. The van der Waals surface area contributed by atoms with Gasteiger partial charge in [-0.1, -0.05) is 0 Å². The molecule has 0 aromatic heterocycles. The number of ether oxygens (including phenoxy) is 3. The van der Waals surface area contributed by atoms with E-state index in [0.717, 1.165) is 35.5 Å². The maximum atomic E-state index is 13.6. The van der Waals surface area contributed by atoms with Crippen LogP contribution in [0.5, 0.6) is 0 Å². The molecule has 8 saturated carbocycles. The Balaban J connectivity index is 1.38. The first-order chi connectivity index (χ1) is 12.3. The highest BCUT2D eigenvalue weighted by Gasteiger charge is 3.04. The van der Waals surface area contributed by atoms with E-state index < -0.39 is 0 Å². The van der Waals surface area contributed by atoms with E-state index in [0.29, 0.717) is 35.9 Å². The molecule has 2 spiro atoms. The summed E-state index contributed by atoms with van der Waals surface area (Å²) in [4.78, 5) is 13.6. The van der Waals surface area contributed by atoms with Gasteiger partial charge in [-0.15, -0.1) is 0 Å². The van der Waals surface area contributed by atoms with Gasteiger partial charge in [0.05, 0.1) is 23.0 Å². The van der Waals surface area contributed by atoms with E-state index in [1.165, 1.54) is 25.7 Å². The number of esters is 1. The Bertz CT molecular complexity index is 780. The summed E-state index contributed by atoms with van der Waals surface area (Å²) in [6, 6.07) is 0. The van der Waals surface area contributed by atoms with Crippen LogP contribution >= 0.6 is 0 Å². The fraction of sp³-hybridized carbons (Fsp3) is 0.952. The highest BCUT2D eigenvalue weighted by molar-refractivity contribution is 5.86. The number of rotatable bonds is 1. The maximum Gasteiger partial charge on any atom is 0.315 e. The van der Waals surface area contributed by atoms with Gasteiger partial charge in [0.1, 0.15) is 0 Å². The van der Waals surface area contributed by atoms with Gasteiger partial charge in [0.25, 0.3) is 0 Å². The van der Waals surface area contributed by atoms with Crippen LogP contribution in [0.25, 0.3) is 0 Å². The Hall–Kier alpha value is -0.610. The number of carbonyl (C=O) groups excluding carboxylic acids is 1. The van der Waals surface area contributed by atoms with Crippen LogP contribution in [0.1, 0.15) is 25.7 Å². The third-order valence-electron chi connectivity index (χ3n) is 11.7. The van der Waals surface area contributed by atoms with Crippen molar-refractivity contribution in [1.82, 2.24) is 0 Å². The molecule has 10 aliphatic rings. The lowest BCUT2D eigenvalue weighted by atomic mass is 9.43. The monoisotopic (exact) mass is 340 g/mol. The Morgan fingerprint density at radius 1 is 0.920 bits per heavy atom. The fourth-order valence-corrected chi connectivity index (χ4v) is 12.5. The molecular weight excluding hydrogens is 316 g/mol. The van der Waals surface area contributed by atoms with E-state index in [9.17, 15) is 4.79 Å². The van der Waals surface area contributed by atoms with E-state index in [4.69, 9.17) is 14.2 Å². The Labute approximate surface area is 146 Å². The van der Waals surface area contributed by atoms with Gasteiger partial charge in [0, 0.05) is 7.11 Å². The molecule has 0 N–H and O–H groups in total. The van der Waals surface area contributed by atoms with Crippen molar-refractivity contribution in [2.75, 3.05) is 7.11 Å². The third kappa shape index (κ3) is 0.790. The molecule has 8 bridgehead atoms. The van der Waals surface area contributed by atoms with Gasteiger partial charge < -0.3 is 14.2 Å². The van der Waals surface area contributed by atoms with Gasteiger partial charge in [0.2, 0.25) is 6.29 Å². The van der Waals surface area contributed by atoms with Crippen molar-refractivity contribution in [2.24, 2.45) is 70.0 Å². The summed E-state index contributed by atoms with van der Waals surface area (Å²) in [5, 5.41) is 0. The van der Waals surface area contributed by atoms with E-state index >= 15 is 0 Å². The van der Waals surface area contributed by atoms with Crippen molar-refractivity contribution in [2.45, 2.75) is 44.2 Å². The summed E-state index contributed by atoms with van der Waals surface area (Å²) in [5.41, 5.74) is -0.0817.